The highest BCUT2D eigenvalue weighted by Gasteiger charge is 2.19. The summed E-state index contributed by atoms with van der Waals surface area (Å²) in [5.74, 6) is 3.31. The van der Waals surface area contributed by atoms with Crippen LogP contribution in [0.25, 0.3) is 0 Å². The molecule has 0 spiro atoms. The molecule has 2 rings (SSSR count). The fraction of sp³-hybridized carbons (Fsp3) is 0.385. The molecule has 0 N–H and O–H groups in total. The molecule has 0 saturated carbocycles. The number of terminal acetylenes is 1. The molecule has 0 bridgehead atoms. The average Bonchev–Trinajstić information content (AvgIpc) is 2.67. The van der Waals surface area contributed by atoms with Crippen molar-refractivity contribution in [1.29, 1.82) is 0 Å². The van der Waals surface area contributed by atoms with Crippen molar-refractivity contribution in [2.45, 2.75) is 13.0 Å². The van der Waals surface area contributed by atoms with E-state index in [1.165, 1.54) is 5.56 Å². The van der Waals surface area contributed by atoms with Crippen LogP contribution in [0.5, 0.6) is 0 Å². The third kappa shape index (κ3) is 2.16. The van der Waals surface area contributed by atoms with Gasteiger partial charge < -0.3 is 0 Å². The zero-order valence-electron chi connectivity index (χ0n) is 8.32. The zero-order chi connectivity index (χ0) is 9.80. The number of hydrogen-bond acceptors (Lipinski definition) is 1. The van der Waals surface area contributed by atoms with Gasteiger partial charge in [-0.3, -0.25) is 4.90 Å². The lowest BCUT2D eigenvalue weighted by atomic mass is 10.1. The Morgan fingerprint density at radius 2 is 2.14 bits per heavy atom. The second kappa shape index (κ2) is 4.30. The van der Waals surface area contributed by atoms with Gasteiger partial charge in [-0.05, 0) is 18.5 Å². The van der Waals surface area contributed by atoms with Crippen molar-refractivity contribution in [1.82, 2.24) is 4.90 Å². The quantitative estimate of drug-likeness (QED) is 0.638. The van der Waals surface area contributed by atoms with Crippen LogP contribution in [0.1, 0.15) is 12.0 Å². The minimum atomic E-state index is 0.471. The molecule has 1 saturated heterocycles. The van der Waals surface area contributed by atoms with Crippen molar-refractivity contribution >= 4 is 0 Å². The molecular weight excluding hydrogens is 170 g/mol. The second-order valence-corrected chi connectivity index (χ2v) is 3.87. The lowest BCUT2D eigenvalue weighted by Gasteiger charge is -2.14. The van der Waals surface area contributed by atoms with Gasteiger partial charge in [-0.2, -0.15) is 0 Å². The molecule has 0 unspecified atom stereocenters. The molecule has 0 radical (unpaired) electrons. The molecule has 0 aromatic heterocycles. The summed E-state index contributed by atoms with van der Waals surface area (Å²) in [7, 11) is 0. The fourth-order valence-electron chi connectivity index (χ4n) is 1.95. The van der Waals surface area contributed by atoms with Crippen LogP contribution in [-0.4, -0.2) is 18.0 Å². The first-order valence-electron chi connectivity index (χ1n) is 5.11. The second-order valence-electron chi connectivity index (χ2n) is 3.87. The van der Waals surface area contributed by atoms with Crippen LogP contribution in [0, 0.1) is 18.3 Å². The largest absolute Gasteiger partial charge is 0.298 e. The first-order valence-corrected chi connectivity index (χ1v) is 5.11. The summed E-state index contributed by atoms with van der Waals surface area (Å²) in [4.78, 5) is 2.43. The Kier molecular flexibility index (Phi) is 2.86. The van der Waals surface area contributed by atoms with E-state index in [1.807, 2.05) is 0 Å². The maximum Gasteiger partial charge on any atom is 0.0339 e. The van der Waals surface area contributed by atoms with E-state index >= 15 is 0 Å². The molecule has 72 valence electrons. The Balaban J connectivity index is 1.91. The summed E-state index contributed by atoms with van der Waals surface area (Å²) in [5, 5.41) is 0. The van der Waals surface area contributed by atoms with Gasteiger partial charge >= 0.3 is 0 Å². The van der Waals surface area contributed by atoms with Crippen LogP contribution in [0.3, 0.4) is 0 Å². The van der Waals surface area contributed by atoms with Crippen molar-refractivity contribution in [2.24, 2.45) is 5.92 Å². The van der Waals surface area contributed by atoms with Crippen molar-refractivity contribution < 1.29 is 0 Å². The molecule has 0 aliphatic carbocycles. The van der Waals surface area contributed by atoms with Crippen LogP contribution in [-0.2, 0) is 6.54 Å². The Morgan fingerprint density at radius 3 is 2.79 bits per heavy atom. The molecular formula is C13H15N. The molecule has 0 amide bonds. The Morgan fingerprint density at radius 1 is 1.36 bits per heavy atom. The first-order chi connectivity index (χ1) is 6.88. The Labute approximate surface area is 85.7 Å². The lowest BCUT2D eigenvalue weighted by molar-refractivity contribution is 0.325. The summed E-state index contributed by atoms with van der Waals surface area (Å²) >= 11 is 0. The number of nitrogens with zero attached hydrogens (tertiary/aromatic N) is 1. The van der Waals surface area contributed by atoms with E-state index in [9.17, 15) is 0 Å². The van der Waals surface area contributed by atoms with Gasteiger partial charge in [0.05, 0.1) is 0 Å². The maximum absolute atomic E-state index is 5.41. The molecule has 1 heterocycles. The van der Waals surface area contributed by atoms with E-state index in [1.54, 1.807) is 0 Å². The van der Waals surface area contributed by atoms with Gasteiger partial charge in [0.2, 0.25) is 0 Å². The number of benzene rings is 1. The first kappa shape index (κ1) is 9.30. The summed E-state index contributed by atoms with van der Waals surface area (Å²) < 4.78 is 0. The minimum absolute atomic E-state index is 0.471. The van der Waals surface area contributed by atoms with Crippen molar-refractivity contribution in [3.63, 3.8) is 0 Å². The van der Waals surface area contributed by atoms with Gasteiger partial charge in [-0.1, -0.05) is 30.3 Å². The van der Waals surface area contributed by atoms with Gasteiger partial charge in [-0.15, -0.1) is 12.3 Å². The Hall–Kier alpha value is -1.26. The molecule has 1 aromatic rings. The van der Waals surface area contributed by atoms with Crippen molar-refractivity contribution in [3.8, 4) is 12.3 Å². The molecule has 1 aliphatic rings. The van der Waals surface area contributed by atoms with Crippen molar-refractivity contribution in [3.05, 3.63) is 35.9 Å². The van der Waals surface area contributed by atoms with Gasteiger partial charge in [-0.25, -0.2) is 0 Å². The van der Waals surface area contributed by atoms with E-state index in [2.05, 4.69) is 41.2 Å². The predicted octanol–water partition coefficient (Wildman–Crippen LogP) is 2.14. The van der Waals surface area contributed by atoms with E-state index in [0.29, 0.717) is 5.92 Å². The van der Waals surface area contributed by atoms with E-state index in [0.717, 1.165) is 26.1 Å². The summed E-state index contributed by atoms with van der Waals surface area (Å²) in [6.45, 7) is 3.24. The summed E-state index contributed by atoms with van der Waals surface area (Å²) in [6.07, 6.45) is 6.57. The zero-order valence-corrected chi connectivity index (χ0v) is 8.32. The smallest absolute Gasteiger partial charge is 0.0339 e. The molecule has 1 heteroatoms. The third-order valence-corrected chi connectivity index (χ3v) is 2.76. The average molecular weight is 185 g/mol. The van der Waals surface area contributed by atoms with E-state index in [-0.39, 0.29) is 0 Å². The van der Waals surface area contributed by atoms with E-state index in [4.69, 9.17) is 6.42 Å². The summed E-state index contributed by atoms with van der Waals surface area (Å²) in [5.41, 5.74) is 1.38. The van der Waals surface area contributed by atoms with Crippen molar-refractivity contribution in [2.75, 3.05) is 13.1 Å². The topological polar surface area (TPSA) is 3.24 Å². The van der Waals surface area contributed by atoms with Gasteiger partial charge in [0.1, 0.15) is 0 Å². The highest BCUT2D eigenvalue weighted by atomic mass is 15.1. The van der Waals surface area contributed by atoms with Gasteiger partial charge in [0.25, 0.3) is 0 Å². The van der Waals surface area contributed by atoms with Crippen LogP contribution in [0.15, 0.2) is 30.3 Å². The number of rotatable bonds is 2. The Bertz CT molecular complexity index is 323. The normalized spacial score (nSPS) is 22.1. The highest BCUT2D eigenvalue weighted by molar-refractivity contribution is 5.15. The minimum Gasteiger partial charge on any atom is -0.298 e. The highest BCUT2D eigenvalue weighted by Crippen LogP contribution is 2.17. The number of likely N-dealkylation sites (tertiary alicyclic amines) is 1. The molecule has 1 nitrogen and oxygen atoms in total. The third-order valence-electron chi connectivity index (χ3n) is 2.76. The van der Waals surface area contributed by atoms with Crippen LogP contribution >= 0.6 is 0 Å². The monoisotopic (exact) mass is 185 g/mol. The standard InChI is InChI=1S/C13H15N/c1-2-12-8-9-14(10-12)11-13-6-4-3-5-7-13/h1,3-7,12H,8-11H2/t12-/m1/s1. The molecule has 1 aromatic carbocycles. The van der Waals surface area contributed by atoms with Gasteiger partial charge in [0, 0.05) is 19.0 Å². The molecule has 1 fully saturated rings. The molecule has 1 atom stereocenters. The summed E-state index contributed by atoms with van der Waals surface area (Å²) in [6, 6.07) is 10.6. The maximum atomic E-state index is 5.41. The predicted molar refractivity (Wildman–Crippen MR) is 58.7 cm³/mol. The number of hydrogen-bond donors (Lipinski definition) is 0. The lowest BCUT2D eigenvalue weighted by Crippen LogP contribution is -2.19. The molecule has 14 heavy (non-hydrogen) atoms. The van der Waals surface area contributed by atoms with Crippen LogP contribution < -0.4 is 0 Å². The SMILES string of the molecule is C#C[C@@H]1CCN(Cc2ccccc2)C1. The van der Waals surface area contributed by atoms with E-state index < -0.39 is 0 Å². The van der Waals surface area contributed by atoms with Crippen LogP contribution in [0.2, 0.25) is 0 Å². The fourth-order valence-corrected chi connectivity index (χ4v) is 1.95. The van der Waals surface area contributed by atoms with Gasteiger partial charge in [0.15, 0.2) is 0 Å². The molecule has 1 aliphatic heterocycles. The van der Waals surface area contributed by atoms with Crippen LogP contribution in [0.4, 0.5) is 0 Å².